The SMILES string of the molecule is CCOC(=O)Cn1c(COc2ccc(C#N)cc2)nc2ccc(NS(=O)(=O)c3ccccc3CCN(C)C)cc21. The number of fused-ring (bicyclic) bond motifs is 1. The van der Waals surface area contributed by atoms with Crippen molar-refractivity contribution in [1.29, 1.82) is 5.26 Å². The number of nitrogens with zero attached hydrogens (tertiary/aromatic N) is 4. The summed E-state index contributed by atoms with van der Waals surface area (Å²) in [6, 6.07) is 20.6. The van der Waals surface area contributed by atoms with Crippen molar-refractivity contribution in [2.45, 2.75) is 31.4 Å². The van der Waals surface area contributed by atoms with Crippen LogP contribution in [-0.4, -0.2) is 56.1 Å². The summed E-state index contributed by atoms with van der Waals surface area (Å²) in [7, 11) is -0.0113. The molecule has 0 radical (unpaired) electrons. The van der Waals surface area contributed by atoms with Gasteiger partial charge in [0, 0.05) is 6.54 Å². The average molecular weight is 562 g/mol. The van der Waals surface area contributed by atoms with Crippen LogP contribution < -0.4 is 9.46 Å². The van der Waals surface area contributed by atoms with Gasteiger partial charge >= 0.3 is 5.97 Å². The lowest BCUT2D eigenvalue weighted by molar-refractivity contribution is -0.143. The molecule has 40 heavy (non-hydrogen) atoms. The molecule has 10 nitrogen and oxygen atoms in total. The van der Waals surface area contributed by atoms with E-state index in [0.717, 1.165) is 5.56 Å². The van der Waals surface area contributed by atoms with Crippen LogP contribution in [0.4, 0.5) is 5.69 Å². The molecule has 0 saturated heterocycles. The summed E-state index contributed by atoms with van der Waals surface area (Å²) >= 11 is 0. The molecule has 11 heteroatoms. The molecule has 1 aromatic heterocycles. The Labute approximate surface area is 233 Å². The molecule has 0 atom stereocenters. The number of anilines is 1. The molecule has 0 spiro atoms. The van der Waals surface area contributed by atoms with Crippen molar-refractivity contribution in [1.82, 2.24) is 14.5 Å². The number of sulfonamides is 1. The van der Waals surface area contributed by atoms with Crippen LogP contribution in [0.1, 0.15) is 23.9 Å². The number of likely N-dealkylation sites (N-methyl/N-ethyl adjacent to an activating group) is 1. The fourth-order valence-electron chi connectivity index (χ4n) is 4.16. The summed E-state index contributed by atoms with van der Waals surface area (Å²) < 4.78 is 42.2. The van der Waals surface area contributed by atoms with Crippen molar-refractivity contribution in [3.05, 3.63) is 83.7 Å². The van der Waals surface area contributed by atoms with Gasteiger partial charge in [-0.2, -0.15) is 5.26 Å². The van der Waals surface area contributed by atoms with Gasteiger partial charge in [0.25, 0.3) is 10.0 Å². The number of hydrogen-bond acceptors (Lipinski definition) is 8. The number of nitrogens with one attached hydrogen (secondary N) is 1. The Bertz CT molecular complexity index is 1640. The molecule has 0 aliphatic heterocycles. The lowest BCUT2D eigenvalue weighted by Crippen LogP contribution is -2.19. The Hall–Kier alpha value is -4.40. The largest absolute Gasteiger partial charge is 0.486 e. The number of benzene rings is 3. The highest BCUT2D eigenvalue weighted by atomic mass is 32.2. The van der Waals surface area contributed by atoms with Crippen LogP contribution in [0.25, 0.3) is 11.0 Å². The fourth-order valence-corrected chi connectivity index (χ4v) is 5.48. The number of ether oxygens (including phenoxy) is 2. The minimum absolute atomic E-state index is 0.0420. The maximum absolute atomic E-state index is 13.4. The number of aromatic nitrogens is 2. The third kappa shape index (κ3) is 6.97. The molecule has 4 aromatic rings. The van der Waals surface area contributed by atoms with Crippen molar-refractivity contribution in [2.75, 3.05) is 32.0 Å². The number of rotatable bonds is 12. The van der Waals surface area contributed by atoms with Gasteiger partial charge in [0.15, 0.2) is 0 Å². The number of imidazole rings is 1. The van der Waals surface area contributed by atoms with Crippen LogP contribution in [0, 0.1) is 11.3 Å². The van der Waals surface area contributed by atoms with E-state index < -0.39 is 16.0 Å². The fraction of sp³-hybridized carbons (Fsp3) is 0.276. The van der Waals surface area contributed by atoms with Gasteiger partial charge in [0.2, 0.25) is 0 Å². The predicted molar refractivity (Wildman–Crippen MR) is 151 cm³/mol. The second-order valence-corrected chi connectivity index (χ2v) is 11.0. The van der Waals surface area contributed by atoms with Gasteiger partial charge in [-0.25, -0.2) is 13.4 Å². The molecule has 1 N–H and O–H groups in total. The molecule has 0 unspecified atom stereocenters. The van der Waals surface area contributed by atoms with Gasteiger partial charge in [-0.05, 0) is 81.5 Å². The standard InChI is InChI=1S/C29H31N5O5S/c1-4-38-29(35)19-34-26-17-23(32-40(36,37)27-8-6-5-7-22(27)15-16-33(2)3)11-14-25(26)31-28(34)20-39-24-12-9-21(18-30)10-13-24/h5-14,17,32H,4,15-16,19-20H2,1-3H3. The van der Waals surface area contributed by atoms with Crippen LogP contribution in [-0.2, 0) is 39.1 Å². The summed E-state index contributed by atoms with van der Waals surface area (Å²) in [4.78, 5) is 19.3. The van der Waals surface area contributed by atoms with E-state index in [0.29, 0.717) is 46.8 Å². The first-order valence-corrected chi connectivity index (χ1v) is 14.2. The number of carbonyl (C=O) groups excluding carboxylic acids is 1. The highest BCUT2D eigenvalue weighted by Crippen LogP contribution is 2.25. The van der Waals surface area contributed by atoms with Crippen molar-refractivity contribution < 1.29 is 22.7 Å². The van der Waals surface area contributed by atoms with Crippen molar-refractivity contribution in [3.63, 3.8) is 0 Å². The maximum Gasteiger partial charge on any atom is 0.326 e. The molecule has 0 saturated carbocycles. The zero-order valence-electron chi connectivity index (χ0n) is 22.6. The molecule has 0 amide bonds. The van der Waals surface area contributed by atoms with E-state index >= 15 is 0 Å². The summed E-state index contributed by atoms with van der Waals surface area (Å²) in [5, 5.41) is 9.00. The molecule has 0 aliphatic rings. The van der Waals surface area contributed by atoms with Crippen LogP contribution in [0.15, 0.2) is 71.6 Å². The van der Waals surface area contributed by atoms with Crippen LogP contribution >= 0.6 is 0 Å². The normalized spacial score (nSPS) is 11.4. The summed E-state index contributed by atoms with van der Waals surface area (Å²) in [6.07, 6.45) is 0.581. The van der Waals surface area contributed by atoms with Gasteiger partial charge in [-0.1, -0.05) is 18.2 Å². The van der Waals surface area contributed by atoms with Gasteiger partial charge in [0.05, 0.1) is 39.9 Å². The van der Waals surface area contributed by atoms with E-state index in [2.05, 4.69) is 15.8 Å². The van der Waals surface area contributed by atoms with Crippen molar-refractivity contribution >= 4 is 32.7 Å². The third-order valence-electron chi connectivity index (χ3n) is 6.11. The van der Waals surface area contributed by atoms with E-state index in [9.17, 15) is 13.2 Å². The Morgan fingerprint density at radius 3 is 2.55 bits per heavy atom. The minimum Gasteiger partial charge on any atom is -0.486 e. The predicted octanol–water partition coefficient (Wildman–Crippen LogP) is 3.95. The second kappa shape index (κ2) is 12.6. The quantitative estimate of drug-likeness (QED) is 0.258. The Balaban J connectivity index is 1.64. The molecule has 0 fully saturated rings. The lowest BCUT2D eigenvalue weighted by atomic mass is 10.1. The van der Waals surface area contributed by atoms with Gasteiger partial charge in [-0.3, -0.25) is 9.52 Å². The topological polar surface area (TPSA) is 127 Å². The number of carbonyl (C=O) groups is 1. The minimum atomic E-state index is -3.89. The third-order valence-corrected chi connectivity index (χ3v) is 7.60. The van der Waals surface area contributed by atoms with Crippen LogP contribution in [0.5, 0.6) is 5.75 Å². The number of esters is 1. The summed E-state index contributed by atoms with van der Waals surface area (Å²) in [6.45, 7) is 2.57. The highest BCUT2D eigenvalue weighted by molar-refractivity contribution is 7.92. The van der Waals surface area contributed by atoms with E-state index in [4.69, 9.17) is 14.7 Å². The molecule has 1 heterocycles. The van der Waals surface area contributed by atoms with Crippen LogP contribution in [0.2, 0.25) is 0 Å². The molecule has 0 aliphatic carbocycles. The maximum atomic E-state index is 13.4. The number of hydrogen-bond donors (Lipinski definition) is 1. The summed E-state index contributed by atoms with van der Waals surface area (Å²) in [5.41, 5.74) is 2.68. The van der Waals surface area contributed by atoms with E-state index in [1.165, 1.54) is 0 Å². The van der Waals surface area contributed by atoms with Crippen molar-refractivity contribution in [3.8, 4) is 11.8 Å². The first-order chi connectivity index (χ1) is 19.2. The lowest BCUT2D eigenvalue weighted by Gasteiger charge is -2.15. The average Bonchev–Trinajstić information content (AvgIpc) is 3.27. The smallest absolute Gasteiger partial charge is 0.326 e. The van der Waals surface area contributed by atoms with E-state index in [-0.39, 0.29) is 24.7 Å². The summed E-state index contributed by atoms with van der Waals surface area (Å²) in [5.74, 6) is 0.541. The van der Waals surface area contributed by atoms with Gasteiger partial charge in [-0.15, -0.1) is 0 Å². The van der Waals surface area contributed by atoms with Gasteiger partial charge in [0.1, 0.15) is 24.7 Å². The van der Waals surface area contributed by atoms with Crippen LogP contribution in [0.3, 0.4) is 0 Å². The Morgan fingerprint density at radius 1 is 1.10 bits per heavy atom. The first-order valence-electron chi connectivity index (χ1n) is 12.7. The molecule has 4 rings (SSSR count). The monoisotopic (exact) mass is 561 g/mol. The first kappa shape index (κ1) is 28.6. The molecule has 3 aromatic carbocycles. The molecular weight excluding hydrogens is 530 g/mol. The zero-order chi connectivity index (χ0) is 28.7. The highest BCUT2D eigenvalue weighted by Gasteiger charge is 2.20. The molecule has 208 valence electrons. The van der Waals surface area contributed by atoms with E-state index in [1.54, 1.807) is 66.1 Å². The molecule has 0 bridgehead atoms. The Morgan fingerprint density at radius 2 is 1.85 bits per heavy atom. The second-order valence-electron chi connectivity index (χ2n) is 9.31. The Kier molecular flexibility index (Phi) is 9.04. The molecular formula is C29H31N5O5S. The van der Waals surface area contributed by atoms with E-state index in [1.807, 2.05) is 31.1 Å². The number of nitriles is 1. The van der Waals surface area contributed by atoms with Crippen molar-refractivity contribution in [2.24, 2.45) is 0 Å². The van der Waals surface area contributed by atoms with Gasteiger partial charge < -0.3 is 18.9 Å². The zero-order valence-corrected chi connectivity index (χ0v) is 23.4.